The summed E-state index contributed by atoms with van der Waals surface area (Å²) in [7, 11) is 0. The third kappa shape index (κ3) is 2.65. The summed E-state index contributed by atoms with van der Waals surface area (Å²) in [6.07, 6.45) is 3.95. The normalized spacial score (nSPS) is 13.4. The van der Waals surface area contributed by atoms with Gasteiger partial charge in [-0.2, -0.15) is 0 Å². The molecule has 0 radical (unpaired) electrons. The third-order valence-corrected chi connectivity index (χ3v) is 2.32. The lowest BCUT2D eigenvalue weighted by atomic mass is 10.3. The summed E-state index contributed by atoms with van der Waals surface area (Å²) in [5.41, 5.74) is 0. The van der Waals surface area contributed by atoms with Crippen LogP contribution >= 0.6 is 15.9 Å². The molecule has 0 aliphatic carbocycles. The van der Waals surface area contributed by atoms with Crippen LogP contribution in [0.1, 0.15) is 0 Å². The summed E-state index contributed by atoms with van der Waals surface area (Å²) >= 11 is 3.30. The second-order valence-electron chi connectivity index (χ2n) is 2.95. The maximum Gasteiger partial charge on any atom is 0.231 e. The summed E-state index contributed by atoms with van der Waals surface area (Å²) in [6.45, 7) is 0.855. The van der Waals surface area contributed by atoms with Crippen LogP contribution < -0.4 is 14.2 Å². The zero-order valence-electron chi connectivity index (χ0n) is 8.11. The van der Waals surface area contributed by atoms with Crippen LogP contribution in [-0.4, -0.2) is 18.7 Å². The molecule has 0 atom stereocenters. The molecule has 0 unspecified atom stereocenters. The third-order valence-electron chi connectivity index (χ3n) is 1.95. The average Bonchev–Trinajstić information content (AvgIpc) is 2.71. The predicted octanol–water partition coefficient (Wildman–Crippen LogP) is 2.75. The number of ether oxygens (including phenoxy) is 3. The number of rotatable bonds is 4. The number of hydrogen-bond donors (Lipinski definition) is 0. The van der Waals surface area contributed by atoms with Gasteiger partial charge in [-0.05, 0) is 12.1 Å². The number of alkyl halides is 1. The van der Waals surface area contributed by atoms with E-state index in [1.54, 1.807) is 0 Å². The van der Waals surface area contributed by atoms with Crippen molar-refractivity contribution in [2.75, 3.05) is 18.7 Å². The fourth-order valence-corrected chi connectivity index (χ4v) is 1.51. The van der Waals surface area contributed by atoms with E-state index in [0.29, 0.717) is 13.4 Å². The number of benzene rings is 1. The minimum atomic E-state index is 0.294. The molecule has 0 amide bonds. The van der Waals surface area contributed by atoms with Crippen molar-refractivity contribution in [3.63, 3.8) is 0 Å². The quantitative estimate of drug-likeness (QED) is 0.622. The average molecular weight is 271 g/mol. The number of allylic oxidation sites excluding steroid dienone is 1. The van der Waals surface area contributed by atoms with Crippen LogP contribution in [0.4, 0.5) is 0 Å². The van der Waals surface area contributed by atoms with E-state index in [2.05, 4.69) is 15.9 Å². The molecule has 0 bridgehead atoms. The standard InChI is InChI=1S/C11H11BrO3/c12-5-1-2-6-13-9-3-4-10-11(7-9)15-8-14-10/h1-4,7H,5-6,8H2. The molecule has 0 saturated carbocycles. The second-order valence-corrected chi connectivity index (χ2v) is 3.60. The Morgan fingerprint density at radius 2 is 2.13 bits per heavy atom. The molecule has 0 spiro atoms. The van der Waals surface area contributed by atoms with E-state index in [0.717, 1.165) is 22.6 Å². The minimum Gasteiger partial charge on any atom is -0.489 e. The molecule has 0 N–H and O–H groups in total. The van der Waals surface area contributed by atoms with Crippen molar-refractivity contribution >= 4 is 15.9 Å². The van der Waals surface area contributed by atoms with Crippen molar-refractivity contribution in [2.45, 2.75) is 0 Å². The van der Waals surface area contributed by atoms with E-state index in [4.69, 9.17) is 14.2 Å². The highest BCUT2D eigenvalue weighted by atomic mass is 79.9. The minimum absolute atomic E-state index is 0.294. The van der Waals surface area contributed by atoms with Gasteiger partial charge in [-0.15, -0.1) is 0 Å². The molecule has 15 heavy (non-hydrogen) atoms. The number of halogens is 1. The molecule has 0 fully saturated rings. The van der Waals surface area contributed by atoms with E-state index in [-0.39, 0.29) is 0 Å². The van der Waals surface area contributed by atoms with E-state index >= 15 is 0 Å². The fraction of sp³-hybridized carbons (Fsp3) is 0.273. The Labute approximate surface area is 96.8 Å². The maximum absolute atomic E-state index is 5.49. The Balaban J connectivity index is 1.95. The molecule has 80 valence electrons. The van der Waals surface area contributed by atoms with Crippen molar-refractivity contribution in [1.29, 1.82) is 0 Å². The predicted molar refractivity (Wildman–Crippen MR) is 61.0 cm³/mol. The monoisotopic (exact) mass is 270 g/mol. The van der Waals surface area contributed by atoms with Gasteiger partial charge in [-0.3, -0.25) is 0 Å². The Kier molecular flexibility index (Phi) is 3.50. The van der Waals surface area contributed by atoms with Crippen molar-refractivity contribution < 1.29 is 14.2 Å². The van der Waals surface area contributed by atoms with Gasteiger partial charge < -0.3 is 14.2 Å². The zero-order chi connectivity index (χ0) is 10.5. The summed E-state index contributed by atoms with van der Waals surface area (Å²) < 4.78 is 15.9. The summed E-state index contributed by atoms with van der Waals surface area (Å²) in [5.74, 6) is 2.31. The lowest BCUT2D eigenvalue weighted by Gasteiger charge is -2.03. The smallest absolute Gasteiger partial charge is 0.231 e. The van der Waals surface area contributed by atoms with Gasteiger partial charge in [-0.25, -0.2) is 0 Å². The first-order valence-corrected chi connectivity index (χ1v) is 5.75. The van der Waals surface area contributed by atoms with Crippen LogP contribution in [-0.2, 0) is 0 Å². The summed E-state index contributed by atoms with van der Waals surface area (Å²) in [5, 5.41) is 0.845. The highest BCUT2D eigenvalue weighted by Crippen LogP contribution is 2.34. The van der Waals surface area contributed by atoms with E-state index in [9.17, 15) is 0 Å². The van der Waals surface area contributed by atoms with Gasteiger partial charge in [0.2, 0.25) is 6.79 Å². The second kappa shape index (κ2) is 5.07. The molecular formula is C11H11BrO3. The highest BCUT2D eigenvalue weighted by molar-refractivity contribution is 9.09. The van der Waals surface area contributed by atoms with Crippen LogP contribution in [0.2, 0.25) is 0 Å². The molecule has 0 aromatic heterocycles. The first-order chi connectivity index (χ1) is 7.40. The van der Waals surface area contributed by atoms with Crippen LogP contribution in [0.25, 0.3) is 0 Å². The van der Waals surface area contributed by atoms with E-state index < -0.39 is 0 Å². The summed E-state index contributed by atoms with van der Waals surface area (Å²) in [4.78, 5) is 0. The van der Waals surface area contributed by atoms with Crippen molar-refractivity contribution in [2.24, 2.45) is 0 Å². The highest BCUT2D eigenvalue weighted by Gasteiger charge is 2.13. The van der Waals surface area contributed by atoms with Gasteiger partial charge in [0, 0.05) is 11.4 Å². The van der Waals surface area contributed by atoms with Gasteiger partial charge in [0.1, 0.15) is 12.4 Å². The molecule has 1 heterocycles. The fourth-order valence-electron chi connectivity index (χ4n) is 1.24. The maximum atomic E-state index is 5.49. The first kappa shape index (κ1) is 10.4. The SMILES string of the molecule is BrCC=CCOc1ccc2c(c1)OCO2. The first-order valence-electron chi connectivity index (χ1n) is 4.63. The largest absolute Gasteiger partial charge is 0.489 e. The van der Waals surface area contributed by atoms with Crippen LogP contribution in [0, 0.1) is 0 Å². The molecule has 1 aliphatic rings. The Morgan fingerprint density at radius 1 is 1.27 bits per heavy atom. The lowest BCUT2D eigenvalue weighted by molar-refractivity contribution is 0.174. The molecule has 1 aliphatic heterocycles. The topological polar surface area (TPSA) is 27.7 Å². The van der Waals surface area contributed by atoms with E-state index in [1.807, 2.05) is 30.4 Å². The molecule has 4 heteroatoms. The number of hydrogen-bond acceptors (Lipinski definition) is 3. The van der Waals surface area contributed by atoms with E-state index in [1.165, 1.54) is 0 Å². The molecule has 3 nitrogen and oxygen atoms in total. The lowest BCUT2D eigenvalue weighted by Crippen LogP contribution is -1.93. The Bertz CT molecular complexity index is 363. The molecule has 2 rings (SSSR count). The van der Waals surface area contributed by atoms with Gasteiger partial charge in [-0.1, -0.05) is 28.1 Å². The zero-order valence-corrected chi connectivity index (χ0v) is 9.70. The van der Waals surface area contributed by atoms with Crippen LogP contribution in [0.15, 0.2) is 30.4 Å². The molecule has 1 aromatic carbocycles. The van der Waals surface area contributed by atoms with Crippen LogP contribution in [0.5, 0.6) is 17.2 Å². The van der Waals surface area contributed by atoms with Crippen molar-refractivity contribution in [1.82, 2.24) is 0 Å². The summed E-state index contributed by atoms with van der Waals surface area (Å²) in [6, 6.07) is 5.56. The number of fused-ring (bicyclic) bond motifs is 1. The molecular weight excluding hydrogens is 260 g/mol. The Hall–Kier alpha value is -1.16. The van der Waals surface area contributed by atoms with Gasteiger partial charge >= 0.3 is 0 Å². The van der Waals surface area contributed by atoms with Crippen LogP contribution in [0.3, 0.4) is 0 Å². The molecule has 1 aromatic rings. The van der Waals surface area contributed by atoms with Crippen molar-refractivity contribution in [3.05, 3.63) is 30.4 Å². The molecule has 0 saturated heterocycles. The van der Waals surface area contributed by atoms with Gasteiger partial charge in [0.15, 0.2) is 11.5 Å². The van der Waals surface area contributed by atoms with Crippen molar-refractivity contribution in [3.8, 4) is 17.2 Å². The van der Waals surface area contributed by atoms with Gasteiger partial charge in [0.05, 0.1) is 0 Å². The van der Waals surface area contributed by atoms with Gasteiger partial charge in [0.25, 0.3) is 0 Å². The Morgan fingerprint density at radius 3 is 3.00 bits per heavy atom.